The van der Waals surface area contributed by atoms with Crippen LogP contribution in [0.2, 0.25) is 5.02 Å². The van der Waals surface area contributed by atoms with E-state index in [1.54, 1.807) is 25.3 Å². The van der Waals surface area contributed by atoms with Crippen molar-refractivity contribution < 1.29 is 23.1 Å². The normalized spacial score (nSPS) is 16.7. The largest absolute Gasteiger partial charge is 0.461 e. The second kappa shape index (κ2) is 9.90. The standard InChI is InChI=1S/C24H19ClFN5O4S.ClH/c1-2-34-23(33)22-21-10(7-28-22)19(20-15(29-21)8-27-9-16(20)32)17-3-4-18(35-17)36-24-30-13-5-11(25)12(26)6-14(13)31-24;/h3-7,19,27-29H,2,8-9H2,1H3,(H,30,31);1H. The highest BCUT2D eigenvalue weighted by Crippen LogP contribution is 2.45. The van der Waals surface area contributed by atoms with Gasteiger partial charge in [-0.1, -0.05) is 11.6 Å². The minimum atomic E-state index is -0.532. The molecule has 6 rings (SSSR count). The van der Waals surface area contributed by atoms with E-state index >= 15 is 0 Å². The Morgan fingerprint density at radius 3 is 2.97 bits per heavy atom. The van der Waals surface area contributed by atoms with Gasteiger partial charge in [-0.25, -0.2) is 14.2 Å². The number of imidazole rings is 1. The molecule has 0 aliphatic carbocycles. The second-order valence-electron chi connectivity index (χ2n) is 8.28. The van der Waals surface area contributed by atoms with Crippen molar-refractivity contribution in [3.05, 3.63) is 69.6 Å². The van der Waals surface area contributed by atoms with Gasteiger partial charge in [0.05, 0.1) is 40.8 Å². The predicted molar refractivity (Wildman–Crippen MR) is 138 cm³/mol. The van der Waals surface area contributed by atoms with Crippen LogP contribution >= 0.6 is 35.8 Å². The summed E-state index contributed by atoms with van der Waals surface area (Å²) in [6.07, 6.45) is 1.70. The van der Waals surface area contributed by atoms with Crippen molar-refractivity contribution in [2.45, 2.75) is 23.1 Å². The Morgan fingerprint density at radius 1 is 1.32 bits per heavy atom. The number of anilines is 1. The Kier molecular flexibility index (Phi) is 6.80. The number of nitrogens with one attached hydrogen (secondary N) is 4. The Hall–Kier alpha value is -3.25. The number of esters is 1. The molecule has 2 aliphatic rings. The summed E-state index contributed by atoms with van der Waals surface area (Å²) >= 11 is 7.10. The Balaban J connectivity index is 0.00000280. The number of rotatable bonds is 5. The van der Waals surface area contributed by atoms with Crippen molar-refractivity contribution in [2.24, 2.45) is 0 Å². The maximum absolute atomic E-state index is 13.8. The highest BCUT2D eigenvalue weighted by atomic mass is 35.5. The Bertz CT molecular complexity index is 1540. The third-order valence-corrected chi connectivity index (χ3v) is 7.16. The molecule has 0 amide bonds. The van der Waals surface area contributed by atoms with Crippen LogP contribution in [0.3, 0.4) is 0 Å². The first-order valence-corrected chi connectivity index (χ1v) is 12.4. The number of furan rings is 1. The lowest BCUT2D eigenvalue weighted by atomic mass is 9.82. The summed E-state index contributed by atoms with van der Waals surface area (Å²) in [6, 6.07) is 6.34. The van der Waals surface area contributed by atoms with Gasteiger partial charge in [0.25, 0.3) is 0 Å². The number of ketones is 1. The van der Waals surface area contributed by atoms with E-state index in [4.69, 9.17) is 20.8 Å². The molecule has 0 radical (unpaired) electrons. The van der Waals surface area contributed by atoms with Crippen molar-refractivity contribution in [2.75, 3.05) is 25.0 Å². The number of benzene rings is 1. The summed E-state index contributed by atoms with van der Waals surface area (Å²) in [4.78, 5) is 36.0. The summed E-state index contributed by atoms with van der Waals surface area (Å²) in [6.45, 7) is 2.64. The molecule has 13 heteroatoms. The summed E-state index contributed by atoms with van der Waals surface area (Å²) < 4.78 is 25.2. The second-order valence-corrected chi connectivity index (χ2v) is 9.68. The van der Waals surface area contributed by atoms with Gasteiger partial charge >= 0.3 is 5.97 Å². The first kappa shape index (κ1) is 25.4. The van der Waals surface area contributed by atoms with E-state index in [0.29, 0.717) is 56.1 Å². The van der Waals surface area contributed by atoms with Gasteiger partial charge in [0.1, 0.15) is 17.3 Å². The Morgan fingerprint density at radius 2 is 2.16 bits per heavy atom. The topological polar surface area (TPSA) is 125 Å². The number of carbonyl (C=O) groups excluding carboxylic acids is 2. The average molecular weight is 564 g/mol. The molecular weight excluding hydrogens is 544 g/mol. The molecule has 1 atom stereocenters. The third kappa shape index (κ3) is 4.42. The number of H-pyrrole nitrogens is 2. The number of nitrogens with zero attached hydrogens (tertiary/aromatic N) is 1. The maximum atomic E-state index is 13.8. The van der Waals surface area contributed by atoms with E-state index < -0.39 is 17.7 Å². The number of fused-ring (bicyclic) bond motifs is 2. The van der Waals surface area contributed by atoms with Crippen molar-refractivity contribution >= 4 is 64.2 Å². The number of carbonyl (C=O) groups is 2. The van der Waals surface area contributed by atoms with Gasteiger partial charge in [-0.2, -0.15) is 0 Å². The lowest BCUT2D eigenvalue weighted by molar-refractivity contribution is -0.115. The van der Waals surface area contributed by atoms with E-state index in [2.05, 4.69) is 25.6 Å². The molecule has 0 spiro atoms. The molecule has 4 N–H and O–H groups in total. The van der Waals surface area contributed by atoms with Gasteiger partial charge in [-0.05, 0) is 36.9 Å². The third-order valence-electron chi connectivity index (χ3n) is 6.06. The van der Waals surface area contributed by atoms with Crippen LogP contribution in [0.1, 0.15) is 34.7 Å². The zero-order valence-electron chi connectivity index (χ0n) is 19.2. The predicted octanol–water partition coefficient (Wildman–Crippen LogP) is 5.01. The first-order chi connectivity index (χ1) is 17.4. The van der Waals surface area contributed by atoms with Crippen LogP contribution < -0.4 is 10.6 Å². The zero-order valence-corrected chi connectivity index (χ0v) is 21.6. The van der Waals surface area contributed by atoms with Crippen LogP contribution in [-0.2, 0) is 9.53 Å². The van der Waals surface area contributed by atoms with Crippen molar-refractivity contribution in [1.82, 2.24) is 20.3 Å². The fraction of sp³-hybridized carbons (Fsp3) is 0.208. The molecule has 0 saturated heterocycles. The first-order valence-electron chi connectivity index (χ1n) is 11.2. The number of hydrogen-bond donors (Lipinski definition) is 4. The number of aromatic nitrogens is 3. The molecule has 37 heavy (non-hydrogen) atoms. The van der Waals surface area contributed by atoms with Crippen LogP contribution in [0.25, 0.3) is 11.0 Å². The Labute approximate surface area is 225 Å². The monoisotopic (exact) mass is 563 g/mol. The van der Waals surface area contributed by atoms with Crippen molar-refractivity contribution in [3.63, 3.8) is 0 Å². The van der Waals surface area contributed by atoms with Gasteiger partial charge in [0.15, 0.2) is 16.0 Å². The fourth-order valence-electron chi connectivity index (χ4n) is 4.54. The van der Waals surface area contributed by atoms with Gasteiger partial charge in [-0.15, -0.1) is 12.4 Å². The van der Waals surface area contributed by atoms with Crippen molar-refractivity contribution in [3.8, 4) is 0 Å². The van der Waals surface area contributed by atoms with E-state index in [1.165, 1.54) is 23.9 Å². The quantitative estimate of drug-likeness (QED) is 0.250. The molecule has 2 aliphatic heterocycles. The average Bonchev–Trinajstić information content (AvgIpc) is 3.57. The lowest BCUT2D eigenvalue weighted by Crippen LogP contribution is -2.39. The van der Waals surface area contributed by atoms with Crippen LogP contribution in [-0.4, -0.2) is 46.4 Å². The minimum Gasteiger partial charge on any atom is -0.461 e. The van der Waals surface area contributed by atoms with E-state index in [9.17, 15) is 14.0 Å². The molecule has 3 aromatic heterocycles. The molecule has 0 saturated carbocycles. The molecule has 9 nitrogen and oxygen atoms in total. The van der Waals surface area contributed by atoms with Gasteiger partial charge in [0, 0.05) is 35.6 Å². The smallest absolute Gasteiger partial charge is 0.356 e. The summed E-state index contributed by atoms with van der Waals surface area (Å²) in [5.41, 5.74) is 3.90. The van der Waals surface area contributed by atoms with Crippen LogP contribution in [0.5, 0.6) is 0 Å². The van der Waals surface area contributed by atoms with Crippen LogP contribution in [0.15, 0.2) is 56.4 Å². The molecule has 5 heterocycles. The maximum Gasteiger partial charge on any atom is 0.356 e. The van der Waals surface area contributed by atoms with Crippen LogP contribution in [0.4, 0.5) is 10.1 Å². The number of aromatic amines is 2. The number of halogens is 3. The summed E-state index contributed by atoms with van der Waals surface area (Å²) in [5.74, 6) is -1.04. The van der Waals surface area contributed by atoms with Gasteiger partial charge in [-0.3, -0.25) is 4.79 Å². The lowest BCUT2D eigenvalue weighted by Gasteiger charge is -2.31. The SMILES string of the molecule is CCOC(=O)c1[nH]cc2c1NC1=C(C(=O)CNC1)C2c1ccc(Sc2nc3cc(Cl)c(F)cc3[nH]2)o1.Cl. The highest BCUT2D eigenvalue weighted by molar-refractivity contribution is 7.99. The van der Waals surface area contributed by atoms with Gasteiger partial charge in [0.2, 0.25) is 0 Å². The molecular formula is C24H20Cl2FN5O4S. The molecule has 0 fully saturated rings. The summed E-state index contributed by atoms with van der Waals surface area (Å²) in [5, 5.41) is 7.36. The number of hydrogen-bond acceptors (Lipinski definition) is 8. The minimum absolute atomic E-state index is 0. The summed E-state index contributed by atoms with van der Waals surface area (Å²) in [7, 11) is 0. The molecule has 1 unspecified atom stereocenters. The van der Waals surface area contributed by atoms with E-state index in [0.717, 1.165) is 0 Å². The fourth-order valence-corrected chi connectivity index (χ4v) is 5.47. The van der Waals surface area contributed by atoms with Crippen molar-refractivity contribution in [1.29, 1.82) is 0 Å². The number of Topliss-reactive ketones (excluding diaryl/α,β-unsaturated/α-hetero) is 1. The molecule has 1 aromatic carbocycles. The zero-order chi connectivity index (χ0) is 25.0. The van der Waals surface area contributed by atoms with E-state index in [1.807, 2.05) is 0 Å². The van der Waals surface area contributed by atoms with Gasteiger partial charge < -0.3 is 29.8 Å². The molecule has 4 aromatic rings. The van der Waals surface area contributed by atoms with E-state index in [-0.39, 0.29) is 42.1 Å². The number of ether oxygens (including phenoxy) is 1. The van der Waals surface area contributed by atoms with Crippen LogP contribution in [0, 0.1) is 5.82 Å². The molecule has 192 valence electrons. The molecule has 0 bridgehead atoms. The highest BCUT2D eigenvalue weighted by Gasteiger charge is 2.39.